The van der Waals surface area contributed by atoms with E-state index in [0.29, 0.717) is 11.5 Å². The number of rotatable bonds is 6. The fraction of sp³-hybridized carbons (Fsp3) is 0.158. The van der Waals surface area contributed by atoms with Gasteiger partial charge in [-0.05, 0) is 18.4 Å². The molecular formula is C19H15N3O3S2. The molecule has 0 aliphatic heterocycles. The van der Waals surface area contributed by atoms with Crippen molar-refractivity contribution in [1.29, 1.82) is 0 Å². The monoisotopic (exact) mass is 397 g/mol. The second-order valence-electron chi connectivity index (χ2n) is 5.87. The van der Waals surface area contributed by atoms with Crippen LogP contribution < -0.4 is 0 Å². The van der Waals surface area contributed by atoms with Crippen LogP contribution in [-0.4, -0.2) is 21.1 Å². The van der Waals surface area contributed by atoms with Gasteiger partial charge in [0.2, 0.25) is 5.82 Å². The van der Waals surface area contributed by atoms with Gasteiger partial charge in [0.05, 0.1) is 12.1 Å². The molecule has 0 unspecified atom stereocenters. The van der Waals surface area contributed by atoms with E-state index in [1.54, 1.807) is 11.3 Å². The number of esters is 1. The number of thiophene rings is 1. The van der Waals surface area contributed by atoms with Crippen LogP contribution in [0.1, 0.15) is 17.1 Å². The largest absolute Gasteiger partial charge is 0.455 e. The molecule has 136 valence electrons. The van der Waals surface area contributed by atoms with Crippen molar-refractivity contribution >= 4 is 28.6 Å². The van der Waals surface area contributed by atoms with Crippen molar-refractivity contribution in [2.45, 2.75) is 20.0 Å². The van der Waals surface area contributed by atoms with Gasteiger partial charge in [0, 0.05) is 21.9 Å². The van der Waals surface area contributed by atoms with Crippen LogP contribution >= 0.6 is 22.7 Å². The molecule has 0 fully saturated rings. The predicted molar refractivity (Wildman–Crippen MR) is 103 cm³/mol. The first-order valence-electron chi connectivity index (χ1n) is 8.19. The number of ether oxygens (including phenoxy) is 1. The standard InChI is InChI=1S/C19H15N3O3S2/c1-12-2-4-13(5-3-12)18-21-16(25-22-18)9-24-17(23)8-15-11-27-19(20-15)14-6-7-26-10-14/h2-7,10-11H,8-9H2,1H3. The highest BCUT2D eigenvalue weighted by Gasteiger charge is 2.13. The van der Waals surface area contributed by atoms with Crippen molar-refractivity contribution in [2.75, 3.05) is 0 Å². The van der Waals surface area contributed by atoms with Crippen molar-refractivity contribution in [3.8, 4) is 22.0 Å². The summed E-state index contributed by atoms with van der Waals surface area (Å²) in [6.07, 6.45) is 0.111. The summed E-state index contributed by atoms with van der Waals surface area (Å²) in [6.45, 7) is 1.95. The Balaban J connectivity index is 1.32. The smallest absolute Gasteiger partial charge is 0.312 e. The van der Waals surface area contributed by atoms with Gasteiger partial charge in [0.25, 0.3) is 5.89 Å². The van der Waals surface area contributed by atoms with Crippen LogP contribution in [0.2, 0.25) is 0 Å². The first-order valence-corrected chi connectivity index (χ1v) is 10.0. The Hall–Kier alpha value is -2.84. The van der Waals surface area contributed by atoms with E-state index >= 15 is 0 Å². The highest BCUT2D eigenvalue weighted by Crippen LogP contribution is 2.26. The van der Waals surface area contributed by atoms with E-state index in [-0.39, 0.29) is 24.9 Å². The van der Waals surface area contributed by atoms with Gasteiger partial charge in [-0.3, -0.25) is 4.79 Å². The Bertz CT molecular complexity index is 1040. The van der Waals surface area contributed by atoms with Crippen LogP contribution in [0.25, 0.3) is 22.0 Å². The Labute approximate surface area is 163 Å². The molecule has 0 amide bonds. The number of carbonyl (C=O) groups excluding carboxylic acids is 1. The Kier molecular flexibility index (Phi) is 5.08. The van der Waals surface area contributed by atoms with Crippen LogP contribution in [0.4, 0.5) is 0 Å². The third-order valence-corrected chi connectivity index (χ3v) is 5.40. The molecule has 4 aromatic rings. The van der Waals surface area contributed by atoms with Gasteiger partial charge < -0.3 is 9.26 Å². The minimum Gasteiger partial charge on any atom is -0.455 e. The third kappa shape index (κ3) is 4.29. The highest BCUT2D eigenvalue weighted by molar-refractivity contribution is 7.14. The third-order valence-electron chi connectivity index (χ3n) is 3.78. The van der Waals surface area contributed by atoms with Crippen molar-refractivity contribution < 1.29 is 14.1 Å². The zero-order valence-corrected chi connectivity index (χ0v) is 16.0. The Morgan fingerprint density at radius 2 is 1.96 bits per heavy atom. The number of carbonyl (C=O) groups is 1. The maximum absolute atomic E-state index is 12.1. The molecule has 0 saturated carbocycles. The van der Waals surface area contributed by atoms with Gasteiger partial charge in [0.1, 0.15) is 5.01 Å². The van der Waals surface area contributed by atoms with Crippen LogP contribution in [0, 0.1) is 6.92 Å². The molecule has 0 spiro atoms. The summed E-state index contributed by atoms with van der Waals surface area (Å²) < 4.78 is 10.4. The summed E-state index contributed by atoms with van der Waals surface area (Å²) >= 11 is 3.13. The Morgan fingerprint density at radius 1 is 1.11 bits per heavy atom. The molecule has 1 aromatic carbocycles. The first kappa shape index (κ1) is 17.6. The molecule has 0 atom stereocenters. The number of benzene rings is 1. The fourth-order valence-electron chi connectivity index (χ4n) is 2.38. The molecule has 8 heteroatoms. The molecule has 6 nitrogen and oxygen atoms in total. The van der Waals surface area contributed by atoms with Crippen LogP contribution in [0.3, 0.4) is 0 Å². The van der Waals surface area contributed by atoms with Crippen molar-refractivity contribution in [3.05, 3.63) is 63.6 Å². The number of thiazole rings is 1. The molecule has 3 heterocycles. The van der Waals surface area contributed by atoms with Crippen LogP contribution in [0.15, 0.2) is 51.0 Å². The van der Waals surface area contributed by atoms with Gasteiger partial charge in [-0.1, -0.05) is 35.0 Å². The number of hydrogen-bond donors (Lipinski definition) is 0. The summed E-state index contributed by atoms with van der Waals surface area (Å²) in [7, 11) is 0. The minimum absolute atomic E-state index is 0.0563. The quantitative estimate of drug-likeness (QED) is 0.445. The zero-order valence-electron chi connectivity index (χ0n) is 14.4. The van der Waals surface area contributed by atoms with Gasteiger partial charge in [-0.15, -0.1) is 11.3 Å². The summed E-state index contributed by atoms with van der Waals surface area (Å²) in [5.74, 6) is 0.351. The Morgan fingerprint density at radius 3 is 2.74 bits per heavy atom. The lowest BCUT2D eigenvalue weighted by Gasteiger charge is -1.99. The van der Waals surface area contributed by atoms with Gasteiger partial charge in [-0.2, -0.15) is 16.3 Å². The van der Waals surface area contributed by atoms with Gasteiger partial charge in [0.15, 0.2) is 6.61 Å². The average molecular weight is 397 g/mol. The molecule has 0 aliphatic rings. The first-order chi connectivity index (χ1) is 13.2. The summed E-state index contributed by atoms with van der Waals surface area (Å²) in [5.41, 5.74) is 3.77. The lowest BCUT2D eigenvalue weighted by Crippen LogP contribution is -2.08. The molecule has 0 bridgehead atoms. The summed E-state index contributed by atoms with van der Waals surface area (Å²) in [5, 5.41) is 10.7. The van der Waals surface area contributed by atoms with Crippen LogP contribution in [-0.2, 0) is 22.6 Å². The number of aromatic nitrogens is 3. The lowest BCUT2D eigenvalue weighted by atomic mass is 10.1. The number of aryl methyl sites for hydroxylation is 1. The maximum atomic E-state index is 12.1. The molecule has 4 rings (SSSR count). The topological polar surface area (TPSA) is 78.1 Å². The molecule has 0 radical (unpaired) electrons. The second kappa shape index (κ2) is 7.81. The van der Waals surface area contributed by atoms with Gasteiger partial charge >= 0.3 is 5.97 Å². The van der Waals surface area contributed by atoms with E-state index in [9.17, 15) is 4.79 Å². The predicted octanol–water partition coefficient (Wildman–Crippen LogP) is 4.52. The molecular weight excluding hydrogens is 382 g/mol. The van der Waals surface area contributed by atoms with Crippen molar-refractivity contribution in [2.24, 2.45) is 0 Å². The minimum atomic E-state index is -0.382. The normalized spacial score (nSPS) is 10.9. The molecule has 0 N–H and O–H groups in total. The average Bonchev–Trinajstić information content (AvgIpc) is 3.42. The van der Waals surface area contributed by atoms with E-state index in [4.69, 9.17) is 9.26 Å². The number of hydrogen-bond acceptors (Lipinski definition) is 8. The lowest BCUT2D eigenvalue weighted by molar-refractivity contribution is -0.144. The molecule has 0 aliphatic carbocycles. The van der Waals surface area contributed by atoms with E-state index in [2.05, 4.69) is 15.1 Å². The molecule has 27 heavy (non-hydrogen) atoms. The van der Waals surface area contributed by atoms with Crippen molar-refractivity contribution in [1.82, 2.24) is 15.1 Å². The SMILES string of the molecule is Cc1ccc(-c2noc(COC(=O)Cc3csc(-c4ccsc4)n3)n2)cc1. The highest BCUT2D eigenvalue weighted by atomic mass is 32.1. The van der Waals surface area contributed by atoms with E-state index in [1.807, 2.05) is 53.4 Å². The maximum Gasteiger partial charge on any atom is 0.312 e. The summed E-state index contributed by atoms with van der Waals surface area (Å²) in [4.78, 5) is 20.8. The van der Waals surface area contributed by atoms with Crippen molar-refractivity contribution in [3.63, 3.8) is 0 Å². The van der Waals surface area contributed by atoms with E-state index in [1.165, 1.54) is 11.3 Å². The number of nitrogens with zero attached hydrogens (tertiary/aromatic N) is 3. The van der Waals surface area contributed by atoms with Gasteiger partial charge in [-0.25, -0.2) is 4.98 Å². The van der Waals surface area contributed by atoms with E-state index < -0.39 is 0 Å². The van der Waals surface area contributed by atoms with Crippen LogP contribution in [0.5, 0.6) is 0 Å². The van der Waals surface area contributed by atoms with E-state index in [0.717, 1.165) is 21.7 Å². The fourth-order valence-corrected chi connectivity index (χ4v) is 3.91. The second-order valence-corrected chi connectivity index (χ2v) is 7.51. The molecule has 0 saturated heterocycles. The molecule has 3 aromatic heterocycles. The summed E-state index contributed by atoms with van der Waals surface area (Å²) in [6, 6.07) is 9.80. The zero-order chi connectivity index (χ0) is 18.6.